The van der Waals surface area contributed by atoms with E-state index in [9.17, 15) is 13.2 Å². The van der Waals surface area contributed by atoms with Gasteiger partial charge in [-0.1, -0.05) is 29.8 Å². The number of thioether (sulfide) groups is 1. The first-order valence-corrected chi connectivity index (χ1v) is 10.9. The highest BCUT2D eigenvalue weighted by atomic mass is 32.2. The molecule has 26 heavy (non-hydrogen) atoms. The minimum Gasteiger partial charge on any atom is -0.348 e. The molecule has 2 aromatic rings. The van der Waals surface area contributed by atoms with E-state index in [0.717, 1.165) is 20.3 Å². The van der Waals surface area contributed by atoms with Crippen molar-refractivity contribution < 1.29 is 13.2 Å². The first kappa shape index (κ1) is 20.5. The second-order valence-corrected chi connectivity index (χ2v) is 9.06. The molecule has 0 saturated heterocycles. The van der Waals surface area contributed by atoms with E-state index in [0.29, 0.717) is 0 Å². The molecule has 0 saturated carbocycles. The molecule has 1 amide bonds. The smallest absolute Gasteiger partial charge is 0.243 e. The summed E-state index contributed by atoms with van der Waals surface area (Å²) in [7, 11) is -2.28. The summed E-state index contributed by atoms with van der Waals surface area (Å²) in [4.78, 5) is 13.6. The van der Waals surface area contributed by atoms with Crippen LogP contribution in [0.4, 0.5) is 0 Å². The van der Waals surface area contributed by atoms with Gasteiger partial charge in [0.05, 0.1) is 17.5 Å². The number of sulfonamides is 1. The van der Waals surface area contributed by atoms with Crippen molar-refractivity contribution in [3.8, 4) is 0 Å². The Bertz CT molecular complexity index is 847. The Morgan fingerprint density at radius 3 is 2.23 bits per heavy atom. The zero-order chi connectivity index (χ0) is 19.3. The van der Waals surface area contributed by atoms with Gasteiger partial charge in [0.15, 0.2) is 0 Å². The SMILES string of the molecule is CSc1ccc([C@@H](C)NC(=O)CN(C)S(=O)(=O)c2ccc(C)cc2)cc1. The second kappa shape index (κ2) is 8.70. The highest BCUT2D eigenvalue weighted by Crippen LogP contribution is 2.19. The number of benzene rings is 2. The molecule has 2 rings (SSSR count). The van der Waals surface area contributed by atoms with Crippen LogP contribution < -0.4 is 5.32 Å². The molecule has 0 aliphatic carbocycles. The van der Waals surface area contributed by atoms with Crippen molar-refractivity contribution in [2.24, 2.45) is 0 Å². The van der Waals surface area contributed by atoms with E-state index in [1.54, 1.807) is 36.0 Å². The van der Waals surface area contributed by atoms with E-state index in [1.807, 2.05) is 44.4 Å². The van der Waals surface area contributed by atoms with Crippen molar-refractivity contribution in [1.29, 1.82) is 0 Å². The fourth-order valence-electron chi connectivity index (χ4n) is 2.44. The van der Waals surface area contributed by atoms with Gasteiger partial charge in [0.2, 0.25) is 15.9 Å². The van der Waals surface area contributed by atoms with Crippen molar-refractivity contribution in [2.45, 2.75) is 29.7 Å². The number of amides is 1. The lowest BCUT2D eigenvalue weighted by Gasteiger charge is -2.19. The van der Waals surface area contributed by atoms with Crippen LogP contribution in [-0.4, -0.2) is 38.5 Å². The van der Waals surface area contributed by atoms with Gasteiger partial charge in [-0.15, -0.1) is 11.8 Å². The van der Waals surface area contributed by atoms with Crippen LogP contribution in [0, 0.1) is 6.92 Å². The lowest BCUT2D eigenvalue weighted by Crippen LogP contribution is -2.39. The standard InChI is InChI=1S/C19H24N2O3S2/c1-14-5-11-18(12-6-14)26(23,24)21(3)13-19(22)20-15(2)16-7-9-17(25-4)10-8-16/h5-12,15H,13H2,1-4H3,(H,20,22)/t15-/m1/s1. The number of rotatable bonds is 7. The maximum atomic E-state index is 12.5. The molecule has 0 unspecified atom stereocenters. The van der Waals surface area contributed by atoms with Gasteiger partial charge in [0.25, 0.3) is 0 Å². The zero-order valence-corrected chi connectivity index (χ0v) is 17.0. The molecular formula is C19H24N2O3S2. The third-order valence-corrected chi connectivity index (χ3v) is 6.65. The molecule has 0 aromatic heterocycles. The quantitative estimate of drug-likeness (QED) is 0.735. The molecule has 0 bridgehead atoms. The molecule has 7 heteroatoms. The topological polar surface area (TPSA) is 66.5 Å². The van der Waals surface area contributed by atoms with Gasteiger partial charge in [0, 0.05) is 11.9 Å². The monoisotopic (exact) mass is 392 g/mol. The summed E-state index contributed by atoms with van der Waals surface area (Å²) < 4.78 is 26.2. The summed E-state index contributed by atoms with van der Waals surface area (Å²) >= 11 is 1.65. The molecule has 2 aromatic carbocycles. The summed E-state index contributed by atoms with van der Waals surface area (Å²) in [5, 5.41) is 2.85. The lowest BCUT2D eigenvalue weighted by molar-refractivity contribution is -0.121. The second-order valence-electron chi connectivity index (χ2n) is 6.14. The summed E-state index contributed by atoms with van der Waals surface area (Å²) in [6, 6.07) is 14.3. The molecule has 140 valence electrons. The van der Waals surface area contributed by atoms with Crippen LogP contribution >= 0.6 is 11.8 Å². The molecular weight excluding hydrogens is 368 g/mol. The number of carbonyl (C=O) groups excluding carboxylic acids is 1. The Hall–Kier alpha value is -1.83. The number of aryl methyl sites for hydroxylation is 1. The minimum atomic E-state index is -3.69. The average Bonchev–Trinajstić information content (AvgIpc) is 2.61. The number of carbonyl (C=O) groups is 1. The lowest BCUT2D eigenvalue weighted by atomic mass is 10.1. The first-order chi connectivity index (χ1) is 12.2. The molecule has 1 atom stereocenters. The van der Waals surface area contributed by atoms with Gasteiger partial charge in [-0.25, -0.2) is 8.42 Å². The van der Waals surface area contributed by atoms with Gasteiger partial charge >= 0.3 is 0 Å². The molecule has 0 aliphatic heterocycles. The van der Waals surface area contributed by atoms with Gasteiger partial charge in [0.1, 0.15) is 0 Å². The van der Waals surface area contributed by atoms with Crippen molar-refractivity contribution in [3.63, 3.8) is 0 Å². The van der Waals surface area contributed by atoms with Crippen molar-refractivity contribution in [1.82, 2.24) is 9.62 Å². The average molecular weight is 393 g/mol. The minimum absolute atomic E-state index is 0.180. The molecule has 0 spiro atoms. The molecule has 5 nitrogen and oxygen atoms in total. The van der Waals surface area contributed by atoms with Crippen LogP contribution in [0.5, 0.6) is 0 Å². The summed E-state index contributed by atoms with van der Waals surface area (Å²) in [5.41, 5.74) is 1.95. The Balaban J connectivity index is 2.00. The van der Waals surface area contributed by atoms with Crippen molar-refractivity contribution in [2.75, 3.05) is 19.8 Å². The Morgan fingerprint density at radius 1 is 1.12 bits per heavy atom. The number of nitrogens with zero attached hydrogens (tertiary/aromatic N) is 1. The van der Waals surface area contributed by atoms with E-state index in [-0.39, 0.29) is 23.4 Å². The molecule has 0 aliphatic rings. The third kappa shape index (κ3) is 5.09. The summed E-state index contributed by atoms with van der Waals surface area (Å²) in [5.74, 6) is -0.343. The van der Waals surface area contributed by atoms with Gasteiger partial charge in [-0.2, -0.15) is 4.31 Å². The van der Waals surface area contributed by atoms with E-state index < -0.39 is 10.0 Å². The number of hydrogen-bond acceptors (Lipinski definition) is 4. The van der Waals surface area contributed by atoms with E-state index in [4.69, 9.17) is 0 Å². The van der Waals surface area contributed by atoms with E-state index in [1.165, 1.54) is 7.05 Å². The molecule has 0 radical (unpaired) electrons. The molecule has 1 N–H and O–H groups in total. The van der Waals surface area contributed by atoms with Gasteiger partial charge in [-0.3, -0.25) is 4.79 Å². The fourth-order valence-corrected chi connectivity index (χ4v) is 3.98. The Labute approximate surface area is 159 Å². The van der Waals surface area contributed by atoms with Crippen LogP contribution in [0.15, 0.2) is 58.3 Å². The van der Waals surface area contributed by atoms with Crippen LogP contribution in [0.1, 0.15) is 24.1 Å². The summed E-state index contributed by atoms with van der Waals surface area (Å²) in [6.07, 6.45) is 2.00. The Kier molecular flexibility index (Phi) is 6.86. The van der Waals surface area contributed by atoms with Crippen LogP contribution in [0.25, 0.3) is 0 Å². The first-order valence-electron chi connectivity index (χ1n) is 8.20. The summed E-state index contributed by atoms with van der Waals surface area (Å²) in [6.45, 7) is 3.53. The maximum Gasteiger partial charge on any atom is 0.243 e. The van der Waals surface area contributed by atoms with Crippen molar-refractivity contribution in [3.05, 3.63) is 59.7 Å². The van der Waals surface area contributed by atoms with Gasteiger partial charge in [-0.05, 0) is 49.9 Å². The van der Waals surface area contributed by atoms with Crippen LogP contribution in [-0.2, 0) is 14.8 Å². The number of nitrogens with one attached hydrogen (secondary N) is 1. The van der Waals surface area contributed by atoms with E-state index >= 15 is 0 Å². The normalized spacial score (nSPS) is 12.8. The van der Waals surface area contributed by atoms with Crippen LogP contribution in [0.3, 0.4) is 0 Å². The third-order valence-electron chi connectivity index (χ3n) is 4.09. The van der Waals surface area contributed by atoms with Crippen molar-refractivity contribution >= 4 is 27.7 Å². The molecule has 0 heterocycles. The highest BCUT2D eigenvalue weighted by molar-refractivity contribution is 7.98. The predicted octanol–water partition coefficient (Wildman–Crippen LogP) is 3.21. The largest absolute Gasteiger partial charge is 0.348 e. The molecule has 0 fully saturated rings. The fraction of sp³-hybridized carbons (Fsp3) is 0.316. The van der Waals surface area contributed by atoms with Gasteiger partial charge < -0.3 is 5.32 Å². The van der Waals surface area contributed by atoms with Crippen LogP contribution in [0.2, 0.25) is 0 Å². The highest BCUT2D eigenvalue weighted by Gasteiger charge is 2.23. The van der Waals surface area contributed by atoms with E-state index in [2.05, 4.69) is 5.32 Å². The number of likely N-dealkylation sites (N-methyl/N-ethyl adjacent to an activating group) is 1. The maximum absolute atomic E-state index is 12.5. The number of hydrogen-bond donors (Lipinski definition) is 1. The Morgan fingerprint density at radius 2 is 1.69 bits per heavy atom. The predicted molar refractivity (Wildman–Crippen MR) is 106 cm³/mol. The zero-order valence-electron chi connectivity index (χ0n) is 15.4.